The fourth-order valence-corrected chi connectivity index (χ4v) is 2.93. The van der Waals surface area contributed by atoms with Crippen LogP contribution in [0.15, 0.2) is 42.5 Å². The van der Waals surface area contributed by atoms with Gasteiger partial charge in [-0.15, -0.1) is 0 Å². The fourth-order valence-electron chi connectivity index (χ4n) is 2.93. The molecule has 2 atom stereocenters. The zero-order valence-electron chi connectivity index (χ0n) is 13.7. The molecular weight excluding hydrogens is 328 g/mol. The number of carbonyl (C=O) groups is 1. The van der Waals surface area contributed by atoms with Crippen LogP contribution in [0.2, 0.25) is 0 Å². The summed E-state index contributed by atoms with van der Waals surface area (Å²) in [4.78, 5) is 12.5. The summed E-state index contributed by atoms with van der Waals surface area (Å²) in [5.74, 6) is -1.17. The third-order valence-electron chi connectivity index (χ3n) is 4.16. The molecule has 2 aromatic rings. The van der Waals surface area contributed by atoms with Gasteiger partial charge < -0.3 is 10.1 Å². The Bertz CT molecular complexity index is 749. The highest BCUT2D eigenvalue weighted by Crippen LogP contribution is 2.27. The normalized spacial score (nSPS) is 19.6. The van der Waals surface area contributed by atoms with Crippen LogP contribution in [0.1, 0.15) is 17.2 Å². The minimum absolute atomic E-state index is 0.0643. The molecule has 7 heteroatoms. The first-order valence-corrected chi connectivity index (χ1v) is 7.92. The lowest BCUT2D eigenvalue weighted by Crippen LogP contribution is -2.34. The second-order valence-electron chi connectivity index (χ2n) is 5.88. The van der Waals surface area contributed by atoms with E-state index in [1.54, 1.807) is 7.11 Å². The molecule has 1 saturated heterocycles. The maximum absolute atomic E-state index is 13.2. The molecule has 25 heavy (non-hydrogen) atoms. The number of halogens is 2. The van der Waals surface area contributed by atoms with Gasteiger partial charge in [0.1, 0.15) is 17.4 Å². The number of hydrazine groups is 1. The molecule has 0 bridgehead atoms. The van der Waals surface area contributed by atoms with E-state index in [-0.39, 0.29) is 24.4 Å². The van der Waals surface area contributed by atoms with Crippen LogP contribution in [0.3, 0.4) is 0 Å². The van der Waals surface area contributed by atoms with Crippen molar-refractivity contribution in [3.05, 3.63) is 65.2 Å². The third kappa shape index (κ3) is 4.12. The predicted molar refractivity (Wildman–Crippen MR) is 88.6 cm³/mol. The fraction of sp³-hybridized carbons (Fsp3) is 0.278. The number of nitrogens with one attached hydrogen (secondary N) is 3. The summed E-state index contributed by atoms with van der Waals surface area (Å²) in [5, 5.41) is 2.74. The van der Waals surface area contributed by atoms with E-state index in [0.29, 0.717) is 17.9 Å². The van der Waals surface area contributed by atoms with Crippen molar-refractivity contribution in [3.63, 3.8) is 0 Å². The Morgan fingerprint density at radius 2 is 2.00 bits per heavy atom. The zero-order valence-corrected chi connectivity index (χ0v) is 13.7. The van der Waals surface area contributed by atoms with Crippen molar-refractivity contribution in [1.82, 2.24) is 16.2 Å². The van der Waals surface area contributed by atoms with E-state index in [9.17, 15) is 13.6 Å². The van der Waals surface area contributed by atoms with Crippen LogP contribution < -0.4 is 20.9 Å². The van der Waals surface area contributed by atoms with Crippen molar-refractivity contribution < 1.29 is 18.3 Å². The monoisotopic (exact) mass is 347 g/mol. The van der Waals surface area contributed by atoms with E-state index >= 15 is 0 Å². The van der Waals surface area contributed by atoms with E-state index in [1.807, 2.05) is 24.3 Å². The molecule has 0 aromatic heterocycles. The number of hydrogen-bond acceptors (Lipinski definition) is 4. The summed E-state index contributed by atoms with van der Waals surface area (Å²) < 4.78 is 31.7. The minimum Gasteiger partial charge on any atom is -0.497 e. The lowest BCUT2D eigenvalue weighted by atomic mass is 9.94. The van der Waals surface area contributed by atoms with E-state index in [4.69, 9.17) is 4.74 Å². The quantitative estimate of drug-likeness (QED) is 0.775. The van der Waals surface area contributed by atoms with Crippen molar-refractivity contribution in [2.45, 2.75) is 12.6 Å². The van der Waals surface area contributed by atoms with Crippen LogP contribution in [0.5, 0.6) is 5.75 Å². The van der Waals surface area contributed by atoms with Crippen LogP contribution in [0.4, 0.5) is 8.78 Å². The average molecular weight is 347 g/mol. The summed E-state index contributed by atoms with van der Waals surface area (Å²) in [6.07, 6.45) is 0. The molecule has 0 radical (unpaired) electrons. The van der Waals surface area contributed by atoms with Crippen molar-refractivity contribution in [2.24, 2.45) is 5.92 Å². The van der Waals surface area contributed by atoms with Gasteiger partial charge in [0.25, 0.3) is 0 Å². The third-order valence-corrected chi connectivity index (χ3v) is 4.16. The molecule has 2 unspecified atom stereocenters. The summed E-state index contributed by atoms with van der Waals surface area (Å²) in [5.41, 5.74) is 7.36. The van der Waals surface area contributed by atoms with Crippen LogP contribution >= 0.6 is 0 Å². The van der Waals surface area contributed by atoms with Crippen molar-refractivity contribution in [3.8, 4) is 5.75 Å². The second-order valence-corrected chi connectivity index (χ2v) is 5.88. The Morgan fingerprint density at radius 3 is 2.72 bits per heavy atom. The molecule has 0 aliphatic carbocycles. The first kappa shape index (κ1) is 17.3. The molecule has 1 aliphatic heterocycles. The first-order valence-electron chi connectivity index (χ1n) is 7.92. The summed E-state index contributed by atoms with van der Waals surface area (Å²) in [6.45, 7) is 0.514. The van der Waals surface area contributed by atoms with Crippen LogP contribution in [0.25, 0.3) is 0 Å². The Hall–Kier alpha value is -2.51. The molecule has 2 aromatic carbocycles. The van der Waals surface area contributed by atoms with Gasteiger partial charge in [0.2, 0.25) is 5.91 Å². The largest absolute Gasteiger partial charge is 0.497 e. The van der Waals surface area contributed by atoms with E-state index < -0.39 is 11.6 Å². The van der Waals surface area contributed by atoms with Gasteiger partial charge in [-0.25, -0.2) is 14.2 Å². The van der Waals surface area contributed by atoms with Crippen LogP contribution in [-0.2, 0) is 11.3 Å². The Balaban J connectivity index is 1.68. The number of ether oxygens (including phenoxy) is 1. The lowest BCUT2D eigenvalue weighted by molar-refractivity contribution is -0.125. The second kappa shape index (κ2) is 7.58. The van der Waals surface area contributed by atoms with Crippen LogP contribution in [0, 0.1) is 17.6 Å². The molecule has 3 N–H and O–H groups in total. The van der Waals surface area contributed by atoms with Gasteiger partial charge in [-0.3, -0.25) is 10.2 Å². The zero-order chi connectivity index (χ0) is 17.8. The molecule has 3 rings (SSSR count). The van der Waals surface area contributed by atoms with Gasteiger partial charge in [0, 0.05) is 19.2 Å². The maximum Gasteiger partial charge on any atom is 0.226 e. The van der Waals surface area contributed by atoms with E-state index in [1.165, 1.54) is 12.1 Å². The molecule has 1 amide bonds. The Morgan fingerprint density at radius 1 is 1.24 bits per heavy atom. The average Bonchev–Trinajstić information content (AvgIpc) is 3.09. The van der Waals surface area contributed by atoms with Crippen molar-refractivity contribution >= 4 is 5.91 Å². The highest BCUT2D eigenvalue weighted by molar-refractivity contribution is 5.80. The SMILES string of the molecule is COc1cccc(C2NNCC2C(=O)NCc2cc(F)cc(F)c2)c1. The molecule has 0 spiro atoms. The van der Waals surface area contributed by atoms with Gasteiger partial charge in [0.15, 0.2) is 0 Å². The summed E-state index contributed by atoms with van der Waals surface area (Å²) >= 11 is 0. The number of carbonyl (C=O) groups excluding carboxylic acids is 1. The lowest BCUT2D eigenvalue weighted by Gasteiger charge is -2.19. The predicted octanol–water partition coefficient (Wildman–Crippen LogP) is 2.05. The van der Waals surface area contributed by atoms with Gasteiger partial charge in [-0.2, -0.15) is 0 Å². The van der Waals surface area contributed by atoms with Crippen LogP contribution in [-0.4, -0.2) is 19.6 Å². The molecular formula is C18H19F2N3O2. The number of methoxy groups -OCH3 is 1. The van der Waals surface area contributed by atoms with Gasteiger partial charge in [-0.1, -0.05) is 12.1 Å². The summed E-state index contributed by atoms with van der Waals surface area (Å²) in [6, 6.07) is 10.5. The summed E-state index contributed by atoms with van der Waals surface area (Å²) in [7, 11) is 1.59. The van der Waals surface area contributed by atoms with Gasteiger partial charge in [-0.05, 0) is 35.4 Å². The smallest absolute Gasteiger partial charge is 0.226 e. The number of hydrogen-bond donors (Lipinski definition) is 3. The first-order chi connectivity index (χ1) is 12.1. The molecule has 1 aliphatic rings. The highest BCUT2D eigenvalue weighted by Gasteiger charge is 2.34. The Kier molecular flexibility index (Phi) is 5.25. The van der Waals surface area contributed by atoms with Crippen molar-refractivity contribution in [2.75, 3.05) is 13.7 Å². The topological polar surface area (TPSA) is 62.4 Å². The minimum atomic E-state index is -0.664. The molecule has 0 saturated carbocycles. The molecule has 5 nitrogen and oxygen atoms in total. The number of amides is 1. The standard InChI is InChI=1S/C18H19F2N3O2/c1-25-15-4-2-3-12(7-15)17-16(10-22-23-17)18(24)21-9-11-5-13(19)8-14(20)6-11/h2-8,16-17,22-23H,9-10H2,1H3,(H,21,24). The number of rotatable bonds is 5. The van der Waals surface area contributed by atoms with Crippen molar-refractivity contribution in [1.29, 1.82) is 0 Å². The molecule has 1 heterocycles. The van der Waals surface area contributed by atoms with Gasteiger partial charge >= 0.3 is 0 Å². The number of benzene rings is 2. The Labute approximate surface area is 144 Å². The van der Waals surface area contributed by atoms with E-state index in [0.717, 1.165) is 11.6 Å². The molecule has 132 valence electrons. The highest BCUT2D eigenvalue weighted by atomic mass is 19.1. The van der Waals surface area contributed by atoms with Gasteiger partial charge in [0.05, 0.1) is 19.1 Å². The maximum atomic E-state index is 13.2. The van der Waals surface area contributed by atoms with E-state index in [2.05, 4.69) is 16.2 Å². The molecule has 1 fully saturated rings.